The Kier molecular flexibility index (Phi) is 6.65. The van der Waals surface area contributed by atoms with Crippen LogP contribution in [0.15, 0.2) is 72.8 Å². The number of benzene rings is 3. The maximum Gasteiger partial charge on any atom is 0.326 e. The second-order valence-corrected chi connectivity index (χ2v) is 6.97. The molecule has 148 valence electrons. The average Bonchev–Trinajstić information content (AvgIpc) is 2.74. The van der Waals surface area contributed by atoms with Crippen LogP contribution >= 0.6 is 11.6 Å². The van der Waals surface area contributed by atoms with E-state index in [1.165, 1.54) is 0 Å². The van der Waals surface area contributed by atoms with Gasteiger partial charge in [0.2, 0.25) is 0 Å². The van der Waals surface area contributed by atoms with Crippen LogP contribution in [0.5, 0.6) is 0 Å². The van der Waals surface area contributed by atoms with Crippen molar-refractivity contribution in [3.05, 3.63) is 94.5 Å². The minimum Gasteiger partial charge on any atom is -0.480 e. The first-order chi connectivity index (χ1) is 14.0. The molecule has 3 rings (SSSR count). The zero-order valence-corrected chi connectivity index (χ0v) is 16.3. The lowest BCUT2D eigenvalue weighted by atomic mass is 9.97. The molecule has 3 N–H and O–H groups in total. The molecular formula is C23H20ClNO4. The lowest BCUT2D eigenvalue weighted by molar-refractivity contribution is -0.139. The summed E-state index contributed by atoms with van der Waals surface area (Å²) in [5, 5.41) is 21.8. The number of carboxylic acid groups (broad SMARTS) is 1. The van der Waals surface area contributed by atoms with Crippen molar-refractivity contribution < 1.29 is 19.8 Å². The molecule has 3 aromatic rings. The van der Waals surface area contributed by atoms with Gasteiger partial charge in [-0.1, -0.05) is 72.3 Å². The van der Waals surface area contributed by atoms with Gasteiger partial charge >= 0.3 is 5.97 Å². The van der Waals surface area contributed by atoms with E-state index in [-0.39, 0.29) is 23.6 Å². The maximum absolute atomic E-state index is 12.4. The number of nitrogens with one attached hydrogen (secondary N) is 1. The van der Waals surface area contributed by atoms with Gasteiger partial charge in [0, 0.05) is 6.42 Å². The van der Waals surface area contributed by atoms with E-state index in [9.17, 15) is 19.8 Å². The molecule has 0 bridgehead atoms. The predicted octanol–water partition coefficient (Wildman–Crippen LogP) is 3.93. The molecule has 0 radical (unpaired) electrons. The first-order valence-electron chi connectivity index (χ1n) is 9.06. The largest absolute Gasteiger partial charge is 0.480 e. The first-order valence-corrected chi connectivity index (χ1v) is 9.43. The summed E-state index contributed by atoms with van der Waals surface area (Å²) in [6.45, 7) is -0.0624. The number of aliphatic hydroxyl groups excluding tert-OH is 1. The highest BCUT2D eigenvalue weighted by atomic mass is 35.5. The number of amides is 1. The standard InChI is InChI=1S/C23H20ClNO4/c24-20-8-4-3-7-19(20)22(27)25-21(23(28)29)13-15-9-11-16(12-10-15)18-6-2-1-5-17(18)14-26/h1-12,21,26H,13-14H2,(H,25,27)(H,28,29)/t21-/m0/s1. The maximum atomic E-state index is 12.4. The summed E-state index contributed by atoms with van der Waals surface area (Å²) in [6.07, 6.45) is 0.132. The Bertz CT molecular complexity index is 1020. The van der Waals surface area contributed by atoms with E-state index in [1.807, 2.05) is 48.5 Å². The summed E-state index contributed by atoms with van der Waals surface area (Å²) in [5.74, 6) is -1.66. The minimum absolute atomic E-state index is 0.0624. The summed E-state index contributed by atoms with van der Waals surface area (Å²) >= 11 is 6.02. The van der Waals surface area contributed by atoms with Crippen LogP contribution in [0.3, 0.4) is 0 Å². The van der Waals surface area contributed by atoms with E-state index in [0.717, 1.165) is 22.3 Å². The van der Waals surface area contributed by atoms with Crippen molar-refractivity contribution in [3.63, 3.8) is 0 Å². The van der Waals surface area contributed by atoms with Crippen molar-refractivity contribution >= 4 is 23.5 Å². The Hall–Kier alpha value is -3.15. The third kappa shape index (κ3) is 5.02. The molecule has 0 saturated heterocycles. The summed E-state index contributed by atoms with van der Waals surface area (Å²) in [4.78, 5) is 24.0. The number of hydrogen-bond donors (Lipinski definition) is 3. The SMILES string of the molecule is O=C(N[C@@H](Cc1ccc(-c2ccccc2CO)cc1)C(=O)O)c1ccccc1Cl. The summed E-state index contributed by atoms with van der Waals surface area (Å²) in [6, 6.07) is 20.3. The normalized spacial score (nSPS) is 11.7. The molecule has 0 spiro atoms. The van der Waals surface area contributed by atoms with Crippen molar-refractivity contribution in [1.82, 2.24) is 5.32 Å². The van der Waals surface area contributed by atoms with Gasteiger partial charge in [-0.3, -0.25) is 4.79 Å². The molecule has 0 heterocycles. The van der Waals surface area contributed by atoms with E-state index < -0.39 is 17.9 Å². The van der Waals surface area contributed by atoms with Gasteiger partial charge in [-0.2, -0.15) is 0 Å². The van der Waals surface area contributed by atoms with Gasteiger partial charge in [0.05, 0.1) is 17.2 Å². The first kappa shape index (κ1) is 20.6. The fourth-order valence-electron chi connectivity index (χ4n) is 3.08. The van der Waals surface area contributed by atoms with E-state index in [0.29, 0.717) is 0 Å². The van der Waals surface area contributed by atoms with Gasteiger partial charge in [0.15, 0.2) is 0 Å². The Morgan fingerprint density at radius 2 is 1.59 bits per heavy atom. The number of carbonyl (C=O) groups excluding carboxylic acids is 1. The molecule has 0 aliphatic carbocycles. The van der Waals surface area contributed by atoms with E-state index in [1.54, 1.807) is 24.3 Å². The molecule has 3 aromatic carbocycles. The molecule has 6 heteroatoms. The number of aliphatic hydroxyl groups is 1. The summed E-state index contributed by atoms with van der Waals surface area (Å²) in [5.41, 5.74) is 3.66. The van der Waals surface area contributed by atoms with Crippen LogP contribution in [0.1, 0.15) is 21.5 Å². The molecule has 29 heavy (non-hydrogen) atoms. The Morgan fingerprint density at radius 3 is 2.24 bits per heavy atom. The highest BCUT2D eigenvalue weighted by Gasteiger charge is 2.22. The molecule has 0 aliphatic heterocycles. The lowest BCUT2D eigenvalue weighted by Gasteiger charge is -2.16. The molecule has 1 atom stereocenters. The van der Waals surface area contributed by atoms with Crippen molar-refractivity contribution in [2.45, 2.75) is 19.1 Å². The number of aliphatic carboxylic acids is 1. The van der Waals surface area contributed by atoms with Crippen LogP contribution in [0.4, 0.5) is 0 Å². The summed E-state index contributed by atoms with van der Waals surface area (Å²) in [7, 11) is 0. The zero-order valence-electron chi connectivity index (χ0n) is 15.5. The van der Waals surface area contributed by atoms with Crippen molar-refractivity contribution in [2.24, 2.45) is 0 Å². The Morgan fingerprint density at radius 1 is 0.931 bits per heavy atom. The van der Waals surface area contributed by atoms with Crippen molar-refractivity contribution in [2.75, 3.05) is 0 Å². The smallest absolute Gasteiger partial charge is 0.326 e. The molecule has 0 unspecified atom stereocenters. The molecule has 0 aromatic heterocycles. The van der Waals surface area contributed by atoms with Crippen LogP contribution in [0, 0.1) is 0 Å². The number of rotatable bonds is 7. The van der Waals surface area contributed by atoms with Crippen molar-refractivity contribution in [3.8, 4) is 11.1 Å². The molecular weight excluding hydrogens is 390 g/mol. The number of carboxylic acids is 1. The molecule has 0 fully saturated rings. The Labute approximate surface area is 173 Å². The van der Waals surface area contributed by atoms with E-state index in [2.05, 4.69) is 5.32 Å². The highest BCUT2D eigenvalue weighted by Crippen LogP contribution is 2.24. The van der Waals surface area contributed by atoms with E-state index >= 15 is 0 Å². The molecule has 0 aliphatic rings. The third-order valence-corrected chi connectivity index (χ3v) is 4.94. The van der Waals surface area contributed by atoms with Gasteiger partial charge in [0.1, 0.15) is 6.04 Å². The zero-order chi connectivity index (χ0) is 20.8. The van der Waals surface area contributed by atoms with Crippen LogP contribution < -0.4 is 5.32 Å². The lowest BCUT2D eigenvalue weighted by Crippen LogP contribution is -2.42. The van der Waals surface area contributed by atoms with Crippen molar-refractivity contribution in [1.29, 1.82) is 0 Å². The van der Waals surface area contributed by atoms with Gasteiger partial charge in [-0.05, 0) is 34.4 Å². The molecule has 1 amide bonds. The van der Waals surface area contributed by atoms with Crippen LogP contribution in [-0.2, 0) is 17.8 Å². The second-order valence-electron chi connectivity index (χ2n) is 6.56. The fourth-order valence-corrected chi connectivity index (χ4v) is 3.30. The van der Waals surface area contributed by atoms with Gasteiger partial charge in [0.25, 0.3) is 5.91 Å². The average molecular weight is 410 g/mol. The van der Waals surface area contributed by atoms with E-state index in [4.69, 9.17) is 11.6 Å². The highest BCUT2D eigenvalue weighted by molar-refractivity contribution is 6.33. The predicted molar refractivity (Wildman–Crippen MR) is 112 cm³/mol. The van der Waals surface area contributed by atoms with Gasteiger partial charge < -0.3 is 15.5 Å². The van der Waals surface area contributed by atoms with Gasteiger partial charge in [-0.15, -0.1) is 0 Å². The third-order valence-electron chi connectivity index (χ3n) is 4.61. The quantitative estimate of drug-likeness (QED) is 0.552. The molecule has 5 nitrogen and oxygen atoms in total. The fraction of sp³-hybridized carbons (Fsp3) is 0.130. The van der Waals surface area contributed by atoms with Crippen LogP contribution in [-0.4, -0.2) is 28.1 Å². The summed E-state index contributed by atoms with van der Waals surface area (Å²) < 4.78 is 0. The monoisotopic (exact) mass is 409 g/mol. The minimum atomic E-state index is -1.12. The Balaban J connectivity index is 1.75. The number of hydrogen-bond acceptors (Lipinski definition) is 3. The van der Waals surface area contributed by atoms with Crippen LogP contribution in [0.25, 0.3) is 11.1 Å². The number of carbonyl (C=O) groups is 2. The van der Waals surface area contributed by atoms with Crippen LogP contribution in [0.2, 0.25) is 5.02 Å². The second kappa shape index (κ2) is 9.37. The number of halogens is 1. The molecule has 0 saturated carbocycles. The topological polar surface area (TPSA) is 86.6 Å². The van der Waals surface area contributed by atoms with Gasteiger partial charge in [-0.25, -0.2) is 4.79 Å².